The molecule has 0 radical (unpaired) electrons. The molecule has 0 spiro atoms. The molecule has 112 valence electrons. The Morgan fingerprint density at radius 3 is 3.09 bits per heavy atom. The van der Waals surface area contributed by atoms with Crippen LogP contribution in [0.15, 0.2) is 54.0 Å². The van der Waals surface area contributed by atoms with Crippen LogP contribution in [0.1, 0.15) is 12.7 Å². The van der Waals surface area contributed by atoms with Crippen molar-refractivity contribution in [1.29, 1.82) is 0 Å². The zero-order valence-electron chi connectivity index (χ0n) is 12.3. The van der Waals surface area contributed by atoms with Crippen LogP contribution in [0.4, 0.5) is 0 Å². The Labute approximate surface area is 128 Å². The van der Waals surface area contributed by atoms with E-state index in [0.29, 0.717) is 24.0 Å². The first-order chi connectivity index (χ1) is 10.8. The number of hydrogen-bond acceptors (Lipinski definition) is 5. The van der Waals surface area contributed by atoms with Gasteiger partial charge in [-0.3, -0.25) is 0 Å². The maximum atomic E-state index is 5.53. The molecule has 0 N–H and O–H groups in total. The van der Waals surface area contributed by atoms with Gasteiger partial charge in [-0.2, -0.15) is 4.98 Å². The number of ether oxygens (including phenoxy) is 1. The van der Waals surface area contributed by atoms with Crippen molar-refractivity contribution in [3.8, 4) is 23.0 Å². The van der Waals surface area contributed by atoms with Gasteiger partial charge in [-0.05, 0) is 12.1 Å². The minimum Gasteiger partial charge on any atom is -0.489 e. The highest BCUT2D eigenvalue weighted by molar-refractivity contribution is 5.48. The third kappa shape index (κ3) is 2.90. The van der Waals surface area contributed by atoms with Crippen LogP contribution in [-0.2, 0) is 6.42 Å². The molecule has 0 saturated heterocycles. The lowest BCUT2D eigenvalue weighted by Crippen LogP contribution is -1.95. The molecule has 0 amide bonds. The predicted molar refractivity (Wildman–Crippen MR) is 81.9 cm³/mol. The van der Waals surface area contributed by atoms with Crippen molar-refractivity contribution >= 4 is 0 Å². The van der Waals surface area contributed by atoms with Gasteiger partial charge >= 0.3 is 0 Å². The highest BCUT2D eigenvalue weighted by Crippen LogP contribution is 2.20. The third-order valence-electron chi connectivity index (χ3n) is 3.07. The van der Waals surface area contributed by atoms with Gasteiger partial charge in [0.25, 0.3) is 5.89 Å². The second-order valence-electron chi connectivity index (χ2n) is 4.63. The van der Waals surface area contributed by atoms with Crippen molar-refractivity contribution in [2.45, 2.75) is 13.3 Å². The first-order valence-electron chi connectivity index (χ1n) is 7.01. The lowest BCUT2D eigenvalue weighted by Gasteiger charge is -2.06. The lowest BCUT2D eigenvalue weighted by atomic mass is 10.3. The first-order valence-corrected chi connectivity index (χ1v) is 7.01. The summed E-state index contributed by atoms with van der Waals surface area (Å²) in [4.78, 5) is 8.59. The number of imidazole rings is 1. The van der Waals surface area contributed by atoms with Gasteiger partial charge in [-0.25, -0.2) is 4.98 Å². The zero-order valence-corrected chi connectivity index (χ0v) is 12.3. The van der Waals surface area contributed by atoms with E-state index in [1.54, 1.807) is 12.4 Å². The van der Waals surface area contributed by atoms with Crippen molar-refractivity contribution < 1.29 is 9.26 Å². The summed E-state index contributed by atoms with van der Waals surface area (Å²) in [5.74, 6) is 1.87. The zero-order chi connectivity index (χ0) is 15.4. The standard InChI is InChI=1S/C16H16N4O2/c1-3-8-21-13-7-5-6-12(9-13)20-10-14(17-11-20)16-18-15(4-2)19-22-16/h3,5-7,9-11H,1,4,8H2,2H3. The van der Waals surface area contributed by atoms with Gasteiger partial charge in [0, 0.05) is 18.7 Å². The SMILES string of the molecule is C=CCOc1cccc(-n2cnc(-c3nc(CC)no3)c2)c1. The van der Waals surface area contributed by atoms with Crippen LogP contribution in [0.5, 0.6) is 5.75 Å². The molecule has 0 saturated carbocycles. The van der Waals surface area contributed by atoms with Crippen molar-refractivity contribution in [3.63, 3.8) is 0 Å². The van der Waals surface area contributed by atoms with Gasteiger partial charge in [0.1, 0.15) is 24.4 Å². The minimum absolute atomic E-state index is 0.426. The van der Waals surface area contributed by atoms with Gasteiger partial charge in [-0.15, -0.1) is 0 Å². The van der Waals surface area contributed by atoms with Crippen molar-refractivity contribution in [2.24, 2.45) is 0 Å². The summed E-state index contributed by atoms with van der Waals surface area (Å²) in [6, 6.07) is 7.73. The molecular formula is C16H16N4O2. The first kappa shape index (κ1) is 14.1. The van der Waals surface area contributed by atoms with Crippen molar-refractivity contribution in [1.82, 2.24) is 19.7 Å². The fraction of sp³-hybridized carbons (Fsp3) is 0.188. The lowest BCUT2D eigenvalue weighted by molar-refractivity contribution is 0.363. The average Bonchev–Trinajstić information content (AvgIpc) is 3.21. The van der Waals surface area contributed by atoms with E-state index in [2.05, 4.69) is 21.7 Å². The molecule has 2 aromatic heterocycles. The fourth-order valence-electron chi connectivity index (χ4n) is 1.97. The van der Waals surface area contributed by atoms with Crippen LogP contribution < -0.4 is 4.74 Å². The van der Waals surface area contributed by atoms with Crippen LogP contribution in [0.25, 0.3) is 17.3 Å². The quantitative estimate of drug-likeness (QED) is 0.654. The Morgan fingerprint density at radius 2 is 2.32 bits per heavy atom. The van der Waals surface area contributed by atoms with E-state index in [9.17, 15) is 0 Å². The molecule has 0 bridgehead atoms. The maximum Gasteiger partial charge on any atom is 0.278 e. The van der Waals surface area contributed by atoms with Crippen molar-refractivity contribution in [3.05, 3.63) is 55.3 Å². The number of rotatable bonds is 6. The monoisotopic (exact) mass is 296 g/mol. The molecule has 0 atom stereocenters. The molecule has 22 heavy (non-hydrogen) atoms. The number of aromatic nitrogens is 4. The number of nitrogens with zero attached hydrogens (tertiary/aromatic N) is 4. The Hall–Kier alpha value is -2.89. The Kier molecular flexibility index (Phi) is 4.00. The highest BCUT2D eigenvalue weighted by Gasteiger charge is 2.11. The molecule has 2 heterocycles. The van der Waals surface area contributed by atoms with Crippen LogP contribution in [0.3, 0.4) is 0 Å². The summed E-state index contributed by atoms with van der Waals surface area (Å²) in [7, 11) is 0. The third-order valence-corrected chi connectivity index (χ3v) is 3.07. The molecule has 3 rings (SSSR count). The molecule has 0 aliphatic carbocycles. The van der Waals surface area contributed by atoms with E-state index in [0.717, 1.165) is 17.9 Å². The largest absolute Gasteiger partial charge is 0.489 e. The molecule has 6 heteroatoms. The van der Waals surface area contributed by atoms with Gasteiger partial charge in [0.15, 0.2) is 5.82 Å². The summed E-state index contributed by atoms with van der Waals surface area (Å²) >= 11 is 0. The van der Waals surface area contributed by atoms with E-state index in [4.69, 9.17) is 9.26 Å². The molecule has 3 aromatic rings. The van der Waals surface area contributed by atoms with Gasteiger partial charge in [0.2, 0.25) is 0 Å². The Balaban J connectivity index is 1.85. The predicted octanol–water partition coefficient (Wildman–Crippen LogP) is 3.05. The minimum atomic E-state index is 0.426. The van der Waals surface area contributed by atoms with E-state index < -0.39 is 0 Å². The molecule has 0 unspecified atom stereocenters. The molecule has 1 aromatic carbocycles. The molecule has 0 aliphatic heterocycles. The van der Waals surface area contributed by atoms with Crippen LogP contribution >= 0.6 is 0 Å². The van der Waals surface area contributed by atoms with E-state index in [1.807, 2.05) is 42.0 Å². The van der Waals surface area contributed by atoms with Crippen LogP contribution in [0.2, 0.25) is 0 Å². The summed E-state index contributed by atoms with van der Waals surface area (Å²) in [5.41, 5.74) is 1.58. The summed E-state index contributed by atoms with van der Waals surface area (Å²) in [6.45, 7) is 6.09. The summed E-state index contributed by atoms with van der Waals surface area (Å²) < 4.78 is 12.6. The normalized spacial score (nSPS) is 10.6. The molecule has 6 nitrogen and oxygen atoms in total. The van der Waals surface area contributed by atoms with Crippen LogP contribution in [-0.4, -0.2) is 26.3 Å². The smallest absolute Gasteiger partial charge is 0.278 e. The second kappa shape index (κ2) is 6.26. The van der Waals surface area contributed by atoms with Gasteiger partial charge < -0.3 is 13.8 Å². The number of benzene rings is 1. The van der Waals surface area contributed by atoms with Crippen LogP contribution in [0, 0.1) is 0 Å². The van der Waals surface area contributed by atoms with E-state index in [1.165, 1.54) is 0 Å². The van der Waals surface area contributed by atoms with Gasteiger partial charge in [0.05, 0.1) is 5.69 Å². The Bertz CT molecular complexity index is 776. The Morgan fingerprint density at radius 1 is 1.41 bits per heavy atom. The summed E-state index contributed by atoms with van der Waals surface area (Å²) in [5, 5.41) is 3.88. The average molecular weight is 296 g/mol. The highest BCUT2D eigenvalue weighted by atomic mass is 16.5. The number of aryl methyl sites for hydroxylation is 1. The topological polar surface area (TPSA) is 66.0 Å². The molecule has 0 fully saturated rings. The maximum absolute atomic E-state index is 5.53. The molecule has 0 aliphatic rings. The summed E-state index contributed by atoms with van der Waals surface area (Å²) in [6.07, 6.45) is 5.99. The molecular weight excluding hydrogens is 280 g/mol. The van der Waals surface area contributed by atoms with E-state index >= 15 is 0 Å². The van der Waals surface area contributed by atoms with Crippen molar-refractivity contribution in [2.75, 3.05) is 6.61 Å². The second-order valence-corrected chi connectivity index (χ2v) is 4.63. The number of hydrogen-bond donors (Lipinski definition) is 0. The van der Waals surface area contributed by atoms with E-state index in [-0.39, 0.29) is 0 Å². The van der Waals surface area contributed by atoms with Gasteiger partial charge in [-0.1, -0.05) is 30.8 Å². The fourth-order valence-corrected chi connectivity index (χ4v) is 1.97.